The van der Waals surface area contributed by atoms with Gasteiger partial charge in [0.25, 0.3) is 0 Å². The highest BCUT2D eigenvalue weighted by atomic mass is 16.5. The fourth-order valence-corrected chi connectivity index (χ4v) is 2.31. The van der Waals surface area contributed by atoms with Crippen LogP contribution in [0.2, 0.25) is 0 Å². The number of ether oxygens (including phenoxy) is 1. The summed E-state index contributed by atoms with van der Waals surface area (Å²) in [5.41, 5.74) is 11.2. The topological polar surface area (TPSA) is 63.9 Å². The molecule has 2 rings (SSSR count). The van der Waals surface area contributed by atoms with E-state index in [0.29, 0.717) is 6.54 Å². The third kappa shape index (κ3) is 2.24. The molecule has 0 aliphatic carbocycles. The van der Waals surface area contributed by atoms with E-state index in [9.17, 15) is 0 Å². The quantitative estimate of drug-likeness (QED) is 0.868. The third-order valence-electron chi connectivity index (χ3n) is 3.03. The second-order valence-electron chi connectivity index (χ2n) is 4.46. The molecule has 0 spiro atoms. The van der Waals surface area contributed by atoms with Gasteiger partial charge >= 0.3 is 0 Å². The minimum atomic E-state index is 0.600. The fourth-order valence-electron chi connectivity index (χ4n) is 2.31. The first-order valence-corrected chi connectivity index (χ1v) is 6.05. The third-order valence-corrected chi connectivity index (χ3v) is 3.03. The van der Waals surface area contributed by atoms with Crippen molar-refractivity contribution < 1.29 is 4.74 Å². The van der Waals surface area contributed by atoms with Gasteiger partial charge in [-0.25, -0.2) is 0 Å². The number of aromatic amines is 1. The van der Waals surface area contributed by atoms with Crippen molar-refractivity contribution in [2.24, 2.45) is 5.73 Å². The SMILES string of the molecule is COc1c(C)cc(C)cc1-c1cn[nH]c1CCN. The van der Waals surface area contributed by atoms with E-state index in [4.69, 9.17) is 10.5 Å². The predicted octanol–water partition coefficient (Wildman–Crippen LogP) is 2.20. The molecule has 0 amide bonds. The second kappa shape index (κ2) is 5.23. The first-order valence-electron chi connectivity index (χ1n) is 6.05. The van der Waals surface area contributed by atoms with E-state index in [2.05, 4.69) is 36.2 Å². The lowest BCUT2D eigenvalue weighted by atomic mass is 9.98. The highest BCUT2D eigenvalue weighted by Gasteiger charge is 2.14. The molecule has 0 unspecified atom stereocenters. The highest BCUT2D eigenvalue weighted by Crippen LogP contribution is 2.35. The molecule has 0 bridgehead atoms. The van der Waals surface area contributed by atoms with Crippen molar-refractivity contribution in [2.45, 2.75) is 20.3 Å². The number of nitrogens with one attached hydrogen (secondary N) is 1. The summed E-state index contributed by atoms with van der Waals surface area (Å²) in [6.45, 7) is 4.74. The molecule has 0 atom stereocenters. The zero-order valence-electron chi connectivity index (χ0n) is 11.1. The maximum Gasteiger partial charge on any atom is 0.129 e. The molecule has 1 heterocycles. The molecular weight excluding hydrogens is 226 g/mol. The maximum absolute atomic E-state index is 5.62. The Morgan fingerprint density at radius 1 is 1.28 bits per heavy atom. The lowest BCUT2D eigenvalue weighted by Gasteiger charge is -2.13. The molecule has 0 fully saturated rings. The van der Waals surface area contributed by atoms with Gasteiger partial charge in [0.05, 0.1) is 13.3 Å². The number of benzene rings is 1. The lowest BCUT2D eigenvalue weighted by molar-refractivity contribution is 0.413. The van der Waals surface area contributed by atoms with Crippen LogP contribution in [0.25, 0.3) is 11.1 Å². The van der Waals surface area contributed by atoms with Gasteiger partial charge in [-0.05, 0) is 37.6 Å². The van der Waals surface area contributed by atoms with Crippen molar-refractivity contribution in [3.8, 4) is 16.9 Å². The van der Waals surface area contributed by atoms with Crippen LogP contribution in [-0.4, -0.2) is 23.9 Å². The van der Waals surface area contributed by atoms with E-state index in [1.165, 1.54) is 5.56 Å². The number of hydrogen-bond donors (Lipinski definition) is 2. The van der Waals surface area contributed by atoms with Crippen molar-refractivity contribution >= 4 is 0 Å². The molecule has 1 aromatic heterocycles. The number of methoxy groups -OCH3 is 1. The van der Waals surface area contributed by atoms with Crippen molar-refractivity contribution in [1.82, 2.24) is 10.2 Å². The molecule has 2 aromatic rings. The van der Waals surface area contributed by atoms with Gasteiger partial charge in [-0.1, -0.05) is 6.07 Å². The van der Waals surface area contributed by atoms with E-state index in [-0.39, 0.29) is 0 Å². The lowest BCUT2D eigenvalue weighted by Crippen LogP contribution is -2.04. The molecule has 1 aromatic carbocycles. The minimum absolute atomic E-state index is 0.600. The first kappa shape index (κ1) is 12.6. The summed E-state index contributed by atoms with van der Waals surface area (Å²) < 4.78 is 5.52. The van der Waals surface area contributed by atoms with Crippen LogP contribution in [0, 0.1) is 13.8 Å². The Labute approximate surface area is 107 Å². The van der Waals surface area contributed by atoms with E-state index in [0.717, 1.165) is 34.6 Å². The summed E-state index contributed by atoms with van der Waals surface area (Å²) in [6.07, 6.45) is 2.62. The minimum Gasteiger partial charge on any atom is -0.496 e. The van der Waals surface area contributed by atoms with Gasteiger partial charge in [0.2, 0.25) is 0 Å². The Hall–Kier alpha value is -1.81. The van der Waals surface area contributed by atoms with Gasteiger partial charge in [0.1, 0.15) is 5.75 Å². The van der Waals surface area contributed by atoms with Crippen LogP contribution in [0.3, 0.4) is 0 Å². The number of nitrogens with two attached hydrogens (primary N) is 1. The molecule has 0 saturated carbocycles. The molecule has 0 saturated heterocycles. The van der Waals surface area contributed by atoms with Crippen LogP contribution in [0.15, 0.2) is 18.3 Å². The van der Waals surface area contributed by atoms with Crippen molar-refractivity contribution in [3.63, 3.8) is 0 Å². The zero-order valence-corrected chi connectivity index (χ0v) is 11.1. The normalized spacial score (nSPS) is 10.7. The van der Waals surface area contributed by atoms with Crippen molar-refractivity contribution in [1.29, 1.82) is 0 Å². The van der Waals surface area contributed by atoms with Gasteiger partial charge in [0.15, 0.2) is 0 Å². The number of hydrogen-bond acceptors (Lipinski definition) is 3. The highest BCUT2D eigenvalue weighted by molar-refractivity contribution is 5.74. The maximum atomic E-state index is 5.62. The van der Waals surface area contributed by atoms with Gasteiger partial charge in [-0.2, -0.15) is 5.10 Å². The molecule has 96 valence electrons. The van der Waals surface area contributed by atoms with Gasteiger partial charge in [-0.3, -0.25) is 5.10 Å². The van der Waals surface area contributed by atoms with E-state index in [1.807, 2.05) is 6.20 Å². The monoisotopic (exact) mass is 245 g/mol. The summed E-state index contributed by atoms with van der Waals surface area (Å²) in [7, 11) is 1.70. The number of rotatable bonds is 4. The van der Waals surface area contributed by atoms with E-state index >= 15 is 0 Å². The number of H-pyrrole nitrogens is 1. The molecular formula is C14H19N3O. The van der Waals surface area contributed by atoms with Crippen LogP contribution in [0.5, 0.6) is 5.75 Å². The Bertz CT molecular complexity index is 546. The summed E-state index contributed by atoms with van der Waals surface area (Å²) in [6, 6.07) is 4.24. The molecule has 3 N–H and O–H groups in total. The van der Waals surface area contributed by atoms with Crippen LogP contribution < -0.4 is 10.5 Å². The van der Waals surface area contributed by atoms with Crippen molar-refractivity contribution in [3.05, 3.63) is 35.2 Å². The molecule has 0 radical (unpaired) electrons. The molecule has 18 heavy (non-hydrogen) atoms. The number of aromatic nitrogens is 2. The average molecular weight is 245 g/mol. The molecule has 4 heteroatoms. The smallest absolute Gasteiger partial charge is 0.129 e. The fraction of sp³-hybridized carbons (Fsp3) is 0.357. The van der Waals surface area contributed by atoms with E-state index in [1.54, 1.807) is 7.11 Å². The molecule has 0 aliphatic heterocycles. The van der Waals surface area contributed by atoms with Crippen LogP contribution in [-0.2, 0) is 6.42 Å². The van der Waals surface area contributed by atoms with Gasteiger partial charge < -0.3 is 10.5 Å². The van der Waals surface area contributed by atoms with Crippen LogP contribution in [0.1, 0.15) is 16.8 Å². The van der Waals surface area contributed by atoms with Gasteiger partial charge in [0, 0.05) is 23.2 Å². The van der Waals surface area contributed by atoms with Crippen molar-refractivity contribution in [2.75, 3.05) is 13.7 Å². The first-order chi connectivity index (χ1) is 8.67. The predicted molar refractivity (Wildman–Crippen MR) is 72.8 cm³/mol. The van der Waals surface area contributed by atoms with Crippen LogP contribution in [0.4, 0.5) is 0 Å². The van der Waals surface area contributed by atoms with E-state index < -0.39 is 0 Å². The second-order valence-corrected chi connectivity index (χ2v) is 4.46. The Kier molecular flexibility index (Phi) is 3.67. The summed E-state index contributed by atoms with van der Waals surface area (Å²) >= 11 is 0. The Morgan fingerprint density at radius 2 is 2.06 bits per heavy atom. The molecule has 4 nitrogen and oxygen atoms in total. The zero-order chi connectivity index (χ0) is 13.1. The largest absolute Gasteiger partial charge is 0.496 e. The Balaban J connectivity index is 2.58. The number of nitrogens with zero attached hydrogens (tertiary/aromatic N) is 1. The molecule has 0 aliphatic rings. The summed E-state index contributed by atoms with van der Waals surface area (Å²) in [5, 5.41) is 7.13. The summed E-state index contributed by atoms with van der Waals surface area (Å²) in [4.78, 5) is 0. The van der Waals surface area contributed by atoms with Gasteiger partial charge in [-0.15, -0.1) is 0 Å². The standard InChI is InChI=1S/C14H19N3O/c1-9-6-10(2)14(18-3)11(7-9)12-8-16-17-13(12)4-5-15/h6-8H,4-5,15H2,1-3H3,(H,16,17). The average Bonchev–Trinajstić information content (AvgIpc) is 2.76. The number of aryl methyl sites for hydroxylation is 2. The summed E-state index contributed by atoms with van der Waals surface area (Å²) in [5.74, 6) is 0.903. The van der Waals surface area contributed by atoms with Crippen LogP contribution >= 0.6 is 0 Å². The Morgan fingerprint density at radius 3 is 2.72 bits per heavy atom.